The number of nitrogens with zero attached hydrogens (tertiary/aromatic N) is 2. The minimum absolute atomic E-state index is 0.00347. The van der Waals surface area contributed by atoms with Crippen molar-refractivity contribution < 1.29 is 23.8 Å². The zero-order valence-corrected chi connectivity index (χ0v) is 23.7. The van der Waals surface area contributed by atoms with Crippen LogP contribution in [0, 0.1) is 11.3 Å². The number of hydrogen-bond acceptors (Lipinski definition) is 8. The summed E-state index contributed by atoms with van der Waals surface area (Å²) in [5, 5.41) is 10.2. The van der Waals surface area contributed by atoms with Crippen molar-refractivity contribution in [2.24, 2.45) is 5.73 Å². The molecule has 214 valence electrons. The normalized spacial score (nSPS) is 14.6. The van der Waals surface area contributed by atoms with Gasteiger partial charge in [-0.3, -0.25) is 4.90 Å². The third-order valence-electron chi connectivity index (χ3n) is 7.17. The first-order valence-electron chi connectivity index (χ1n) is 13.5. The Hall–Kier alpha value is -5.81. The molecular weight excluding hydrogens is 542 g/mol. The van der Waals surface area contributed by atoms with Crippen LogP contribution in [-0.4, -0.2) is 26.2 Å². The second-order valence-electron chi connectivity index (χ2n) is 9.65. The number of rotatable bonds is 8. The fourth-order valence-electron chi connectivity index (χ4n) is 5.14. The van der Waals surface area contributed by atoms with Gasteiger partial charge in [0.05, 0.1) is 37.4 Å². The Bertz CT molecular complexity index is 1740. The van der Waals surface area contributed by atoms with E-state index in [1.165, 1.54) is 19.1 Å². The van der Waals surface area contributed by atoms with E-state index in [2.05, 4.69) is 6.07 Å². The van der Waals surface area contributed by atoms with Crippen LogP contribution in [0.25, 0.3) is 11.1 Å². The first-order chi connectivity index (χ1) is 21.0. The van der Waals surface area contributed by atoms with E-state index in [0.717, 1.165) is 16.7 Å². The highest BCUT2D eigenvalue weighted by Crippen LogP contribution is 2.43. The van der Waals surface area contributed by atoms with Gasteiger partial charge in [-0.15, -0.1) is 0 Å². The lowest BCUT2D eigenvalue weighted by Gasteiger charge is -2.36. The van der Waals surface area contributed by atoms with E-state index in [-0.39, 0.29) is 22.7 Å². The van der Waals surface area contributed by atoms with E-state index in [0.29, 0.717) is 23.6 Å². The quantitative estimate of drug-likeness (QED) is 0.263. The first kappa shape index (κ1) is 28.7. The molecule has 8 nitrogen and oxygen atoms in total. The highest BCUT2D eigenvalue weighted by Gasteiger charge is 2.43. The van der Waals surface area contributed by atoms with Crippen molar-refractivity contribution in [3.8, 4) is 22.9 Å². The number of para-hydroxylation sites is 1. The summed E-state index contributed by atoms with van der Waals surface area (Å²) in [6.45, 7) is 0.411. The van der Waals surface area contributed by atoms with Crippen molar-refractivity contribution in [3.63, 3.8) is 0 Å². The first-order valence-corrected chi connectivity index (χ1v) is 13.5. The molecule has 0 radical (unpaired) electrons. The van der Waals surface area contributed by atoms with Crippen LogP contribution in [0.15, 0.2) is 132 Å². The number of carbonyl (C=O) groups is 2. The second-order valence-corrected chi connectivity index (χ2v) is 9.65. The van der Waals surface area contributed by atoms with Crippen molar-refractivity contribution in [1.29, 1.82) is 5.26 Å². The van der Waals surface area contributed by atoms with Gasteiger partial charge < -0.3 is 19.9 Å². The minimum atomic E-state index is -0.933. The third-order valence-corrected chi connectivity index (χ3v) is 7.17. The molecule has 4 aromatic rings. The lowest BCUT2D eigenvalue weighted by atomic mass is 9.81. The monoisotopic (exact) mass is 571 g/mol. The van der Waals surface area contributed by atoms with Gasteiger partial charge >= 0.3 is 11.9 Å². The Morgan fingerprint density at radius 3 is 2.05 bits per heavy atom. The molecule has 1 aliphatic heterocycles. The number of methoxy groups -OCH3 is 2. The summed E-state index contributed by atoms with van der Waals surface area (Å²) < 4.78 is 16.4. The van der Waals surface area contributed by atoms with E-state index < -0.39 is 17.9 Å². The number of benzene rings is 4. The number of nitriles is 1. The molecule has 0 amide bonds. The molecule has 4 aromatic carbocycles. The molecule has 43 heavy (non-hydrogen) atoms. The molecule has 0 fully saturated rings. The minimum Gasteiger partial charge on any atom is -0.488 e. The summed E-state index contributed by atoms with van der Waals surface area (Å²) in [7, 11) is 2.44. The smallest absolute Gasteiger partial charge is 0.355 e. The molecule has 0 saturated heterocycles. The van der Waals surface area contributed by atoms with Crippen LogP contribution in [-0.2, 0) is 25.7 Å². The standard InChI is InChI=1S/C35H29N3O5/c1-41-34(39)31-30(25-13-7-4-8-14-25)28(21-36)33(37)38(32(31)35(40)42-2)26-19-17-24(18-20-26)27-15-9-10-16-29(27)43-22-23-11-5-3-6-12-23/h3-20,30H,22,37H2,1-2H3. The average Bonchev–Trinajstić information content (AvgIpc) is 3.07. The van der Waals surface area contributed by atoms with Crippen molar-refractivity contribution in [1.82, 2.24) is 0 Å². The lowest BCUT2D eigenvalue weighted by molar-refractivity contribution is -0.139. The highest BCUT2D eigenvalue weighted by atomic mass is 16.5. The van der Waals surface area contributed by atoms with Gasteiger partial charge in [0.15, 0.2) is 0 Å². The maximum atomic E-state index is 13.3. The van der Waals surface area contributed by atoms with Crippen molar-refractivity contribution >= 4 is 17.6 Å². The molecule has 0 bridgehead atoms. The number of hydrogen-bond donors (Lipinski definition) is 1. The van der Waals surface area contributed by atoms with Crippen LogP contribution in [0.2, 0.25) is 0 Å². The molecule has 0 saturated carbocycles. The summed E-state index contributed by atoms with van der Waals surface area (Å²) in [6.07, 6.45) is 0. The van der Waals surface area contributed by atoms with Gasteiger partial charge in [-0.1, -0.05) is 91.0 Å². The predicted molar refractivity (Wildman–Crippen MR) is 162 cm³/mol. The van der Waals surface area contributed by atoms with Crippen molar-refractivity contribution in [3.05, 3.63) is 143 Å². The zero-order valence-electron chi connectivity index (χ0n) is 23.7. The number of nitrogens with two attached hydrogens (primary N) is 1. The van der Waals surface area contributed by atoms with Gasteiger partial charge in [-0.25, -0.2) is 9.59 Å². The molecular formula is C35H29N3O5. The van der Waals surface area contributed by atoms with Crippen LogP contribution in [0.3, 0.4) is 0 Å². The molecule has 1 atom stereocenters. The van der Waals surface area contributed by atoms with Crippen LogP contribution in [0.5, 0.6) is 5.75 Å². The van der Waals surface area contributed by atoms with Crippen molar-refractivity contribution in [2.75, 3.05) is 19.1 Å². The topological polar surface area (TPSA) is 115 Å². The van der Waals surface area contributed by atoms with Crippen molar-refractivity contribution in [2.45, 2.75) is 12.5 Å². The van der Waals surface area contributed by atoms with Gasteiger partial charge in [0.25, 0.3) is 0 Å². The van der Waals surface area contributed by atoms with Gasteiger partial charge in [0.2, 0.25) is 0 Å². The molecule has 0 spiro atoms. The Balaban J connectivity index is 1.59. The molecule has 0 aliphatic carbocycles. The second kappa shape index (κ2) is 12.8. The predicted octanol–water partition coefficient (Wildman–Crippen LogP) is 5.83. The molecule has 1 unspecified atom stereocenters. The summed E-state index contributed by atoms with van der Waals surface area (Å²) in [6, 6.07) is 35.9. The molecule has 0 aromatic heterocycles. The SMILES string of the molecule is COC(=O)C1=C(C(=O)OC)N(c2ccc(-c3ccccc3OCc3ccccc3)cc2)C(N)=C(C#N)C1c1ccccc1. The number of anilines is 1. The average molecular weight is 572 g/mol. The largest absolute Gasteiger partial charge is 0.488 e. The third kappa shape index (κ3) is 5.69. The Labute approximate surface area is 249 Å². The zero-order chi connectivity index (χ0) is 30.3. The fourth-order valence-corrected chi connectivity index (χ4v) is 5.14. The molecule has 2 N–H and O–H groups in total. The molecule has 5 rings (SSSR count). The van der Waals surface area contributed by atoms with Gasteiger partial charge in [0, 0.05) is 11.3 Å². The fraction of sp³-hybridized carbons (Fsp3) is 0.114. The molecule has 8 heteroatoms. The number of carbonyl (C=O) groups excluding carboxylic acids is 2. The molecule has 1 aliphatic rings. The number of ether oxygens (including phenoxy) is 3. The van der Waals surface area contributed by atoms with E-state index in [9.17, 15) is 14.9 Å². The van der Waals surface area contributed by atoms with E-state index in [1.54, 1.807) is 36.4 Å². The summed E-state index contributed by atoms with van der Waals surface area (Å²) in [5.41, 5.74) is 10.4. The van der Waals surface area contributed by atoms with E-state index in [1.807, 2.05) is 72.8 Å². The van der Waals surface area contributed by atoms with Crippen LogP contribution >= 0.6 is 0 Å². The number of allylic oxidation sites excluding steroid dienone is 1. The highest BCUT2D eigenvalue weighted by molar-refractivity contribution is 6.06. The maximum absolute atomic E-state index is 13.3. The van der Waals surface area contributed by atoms with Crippen LogP contribution < -0.4 is 15.4 Å². The van der Waals surface area contributed by atoms with Gasteiger partial charge in [-0.05, 0) is 34.9 Å². The van der Waals surface area contributed by atoms with Crippen LogP contribution in [0.4, 0.5) is 5.69 Å². The van der Waals surface area contributed by atoms with E-state index >= 15 is 0 Å². The maximum Gasteiger partial charge on any atom is 0.355 e. The summed E-state index contributed by atoms with van der Waals surface area (Å²) in [4.78, 5) is 28.0. The van der Waals surface area contributed by atoms with Crippen LogP contribution in [0.1, 0.15) is 17.0 Å². The molecule has 1 heterocycles. The Morgan fingerprint density at radius 1 is 0.814 bits per heavy atom. The summed E-state index contributed by atoms with van der Waals surface area (Å²) >= 11 is 0. The van der Waals surface area contributed by atoms with E-state index in [4.69, 9.17) is 19.9 Å². The lowest BCUT2D eigenvalue weighted by Crippen LogP contribution is -2.40. The Kier molecular flexibility index (Phi) is 8.54. The van der Waals surface area contributed by atoms with Gasteiger partial charge in [0.1, 0.15) is 23.9 Å². The Morgan fingerprint density at radius 2 is 1.42 bits per heavy atom. The number of esters is 2. The summed E-state index contributed by atoms with van der Waals surface area (Å²) in [5.74, 6) is -1.80. The van der Waals surface area contributed by atoms with Gasteiger partial charge in [-0.2, -0.15) is 5.26 Å².